The molecule has 2 aromatic rings. The third-order valence-electron chi connectivity index (χ3n) is 5.95. The predicted octanol–water partition coefficient (Wildman–Crippen LogP) is 2.25. The second kappa shape index (κ2) is 8.29. The van der Waals surface area contributed by atoms with Gasteiger partial charge in [-0.2, -0.15) is 0 Å². The first-order chi connectivity index (χ1) is 14.7. The Bertz CT molecular complexity index is 1090. The summed E-state index contributed by atoms with van der Waals surface area (Å²) in [5, 5.41) is 10.1. The van der Waals surface area contributed by atoms with Gasteiger partial charge in [0.1, 0.15) is 11.6 Å². The van der Waals surface area contributed by atoms with Gasteiger partial charge in [-0.1, -0.05) is 30.3 Å². The molecule has 0 unspecified atom stereocenters. The molecule has 1 saturated carbocycles. The number of hydrogen-bond donors (Lipinski definition) is 2. The molecular formula is C22H24F2N2O4S. The van der Waals surface area contributed by atoms with Crippen LogP contribution in [0.3, 0.4) is 0 Å². The minimum Gasteiger partial charge on any atom is -0.391 e. The summed E-state index contributed by atoms with van der Waals surface area (Å²) in [4.78, 5) is 14.6. The maximum Gasteiger partial charge on any atom is 0.226 e. The van der Waals surface area contributed by atoms with Gasteiger partial charge in [-0.05, 0) is 42.0 Å². The Morgan fingerprint density at radius 3 is 2.48 bits per heavy atom. The third-order valence-corrected chi connectivity index (χ3v) is 6.68. The maximum atomic E-state index is 14.4. The van der Waals surface area contributed by atoms with Crippen LogP contribution in [0.1, 0.15) is 24.3 Å². The zero-order chi connectivity index (χ0) is 22.3. The Hall–Kier alpha value is -2.36. The van der Waals surface area contributed by atoms with Crippen molar-refractivity contribution in [3.8, 4) is 11.1 Å². The molecule has 4 rings (SSSR count). The van der Waals surface area contributed by atoms with Gasteiger partial charge in [-0.3, -0.25) is 4.79 Å². The van der Waals surface area contributed by atoms with Crippen LogP contribution >= 0.6 is 0 Å². The van der Waals surface area contributed by atoms with E-state index in [1.807, 2.05) is 0 Å². The van der Waals surface area contributed by atoms with E-state index in [2.05, 4.69) is 4.72 Å². The number of nitrogens with one attached hydrogen (secondary N) is 1. The fourth-order valence-corrected chi connectivity index (χ4v) is 5.16. The van der Waals surface area contributed by atoms with E-state index in [0.29, 0.717) is 24.1 Å². The van der Waals surface area contributed by atoms with Crippen molar-refractivity contribution in [2.24, 2.45) is 5.92 Å². The van der Waals surface area contributed by atoms with E-state index >= 15 is 0 Å². The molecule has 166 valence electrons. The summed E-state index contributed by atoms with van der Waals surface area (Å²) in [6.07, 6.45) is 0.970. The largest absolute Gasteiger partial charge is 0.391 e. The molecule has 0 radical (unpaired) electrons. The molecule has 9 heteroatoms. The number of carbonyl (C=O) groups is 1. The van der Waals surface area contributed by atoms with Gasteiger partial charge in [-0.25, -0.2) is 21.9 Å². The molecule has 2 aliphatic rings. The van der Waals surface area contributed by atoms with E-state index < -0.39 is 33.8 Å². The summed E-state index contributed by atoms with van der Waals surface area (Å²) in [5.41, 5.74) is 1.05. The molecule has 1 aliphatic carbocycles. The standard InChI is InChI=1S/C22H24F2N2O4S/c1-31(29,30)25-19-12-26(10-9-20(19)27)22(28)16-11-15(16)13-5-2-3-6-14(13)21-17(23)7-4-8-18(21)24/h2-8,15-16,19-20,25,27H,9-12H2,1H3/t15-,16+,19+,20-/m0/s1. The van der Waals surface area contributed by atoms with Crippen LogP contribution in [-0.4, -0.2) is 55.8 Å². The van der Waals surface area contributed by atoms with Crippen LogP contribution in [0.15, 0.2) is 42.5 Å². The van der Waals surface area contributed by atoms with Crippen molar-refractivity contribution in [2.75, 3.05) is 19.3 Å². The van der Waals surface area contributed by atoms with Gasteiger partial charge >= 0.3 is 0 Å². The lowest BCUT2D eigenvalue weighted by Gasteiger charge is -2.36. The summed E-state index contributed by atoms with van der Waals surface area (Å²) in [5.74, 6) is -1.96. The van der Waals surface area contributed by atoms with E-state index in [0.717, 1.165) is 6.26 Å². The van der Waals surface area contributed by atoms with Crippen molar-refractivity contribution in [2.45, 2.75) is 30.9 Å². The van der Waals surface area contributed by atoms with Crippen LogP contribution < -0.4 is 4.72 Å². The molecule has 1 amide bonds. The number of aliphatic hydroxyl groups excluding tert-OH is 1. The van der Waals surface area contributed by atoms with Crippen molar-refractivity contribution in [1.29, 1.82) is 0 Å². The van der Waals surface area contributed by atoms with E-state index in [1.54, 1.807) is 29.2 Å². The van der Waals surface area contributed by atoms with E-state index in [9.17, 15) is 27.1 Å². The number of carbonyl (C=O) groups excluding carboxylic acids is 1. The molecule has 1 aliphatic heterocycles. The molecule has 4 atom stereocenters. The average Bonchev–Trinajstić information content (AvgIpc) is 3.49. The second-order valence-corrected chi connectivity index (χ2v) is 10.0. The fourth-order valence-electron chi connectivity index (χ4n) is 4.38. The number of rotatable bonds is 5. The smallest absolute Gasteiger partial charge is 0.226 e. The molecule has 31 heavy (non-hydrogen) atoms. The van der Waals surface area contributed by atoms with Crippen LogP contribution in [0, 0.1) is 17.6 Å². The molecule has 2 N–H and O–H groups in total. The normalized spacial score (nSPS) is 26.0. The van der Waals surface area contributed by atoms with Crippen molar-refractivity contribution in [3.05, 3.63) is 59.7 Å². The van der Waals surface area contributed by atoms with Crippen molar-refractivity contribution >= 4 is 15.9 Å². The number of nitrogens with zero attached hydrogens (tertiary/aromatic N) is 1. The summed E-state index contributed by atoms with van der Waals surface area (Å²) in [6.45, 7) is 0.411. The lowest BCUT2D eigenvalue weighted by molar-refractivity contribution is -0.135. The minimum absolute atomic E-state index is 0.0832. The molecule has 0 bridgehead atoms. The first-order valence-corrected chi connectivity index (χ1v) is 12.0. The van der Waals surface area contributed by atoms with Gasteiger partial charge in [-0.15, -0.1) is 0 Å². The predicted molar refractivity (Wildman–Crippen MR) is 112 cm³/mol. The molecule has 0 spiro atoms. The van der Waals surface area contributed by atoms with Crippen LogP contribution in [0.2, 0.25) is 0 Å². The number of aliphatic hydroxyl groups is 1. The highest BCUT2D eigenvalue weighted by Gasteiger charge is 2.48. The number of sulfonamides is 1. The first-order valence-electron chi connectivity index (χ1n) is 10.1. The Labute approximate surface area is 179 Å². The van der Waals surface area contributed by atoms with Gasteiger partial charge in [0.15, 0.2) is 0 Å². The van der Waals surface area contributed by atoms with E-state index in [1.165, 1.54) is 18.2 Å². The zero-order valence-corrected chi connectivity index (χ0v) is 17.8. The minimum atomic E-state index is -3.53. The molecule has 1 saturated heterocycles. The molecule has 1 heterocycles. The van der Waals surface area contributed by atoms with Crippen LogP contribution in [0.25, 0.3) is 11.1 Å². The highest BCUT2D eigenvalue weighted by molar-refractivity contribution is 7.88. The summed E-state index contributed by atoms with van der Waals surface area (Å²) < 4.78 is 54.2. The number of piperidine rings is 1. The molecule has 2 fully saturated rings. The number of benzene rings is 2. The van der Waals surface area contributed by atoms with Gasteiger partial charge in [0, 0.05) is 19.0 Å². The SMILES string of the molecule is CS(=O)(=O)N[C@@H]1CN(C(=O)[C@@H]2C[C@H]2c2ccccc2-c2c(F)cccc2F)CC[C@@H]1O. The van der Waals surface area contributed by atoms with E-state index in [4.69, 9.17) is 0 Å². The Morgan fingerprint density at radius 2 is 1.81 bits per heavy atom. The van der Waals surface area contributed by atoms with Crippen LogP contribution in [0.4, 0.5) is 8.78 Å². The number of hydrogen-bond acceptors (Lipinski definition) is 4. The van der Waals surface area contributed by atoms with Gasteiger partial charge in [0.25, 0.3) is 0 Å². The molecule has 0 aromatic heterocycles. The summed E-state index contributed by atoms with van der Waals surface area (Å²) >= 11 is 0. The van der Waals surface area contributed by atoms with Crippen LogP contribution in [0.5, 0.6) is 0 Å². The van der Waals surface area contributed by atoms with Crippen molar-refractivity contribution in [1.82, 2.24) is 9.62 Å². The lowest BCUT2D eigenvalue weighted by Crippen LogP contribution is -2.56. The fraction of sp³-hybridized carbons (Fsp3) is 0.409. The van der Waals surface area contributed by atoms with Gasteiger partial charge in [0.05, 0.1) is 24.0 Å². The van der Waals surface area contributed by atoms with Crippen LogP contribution in [-0.2, 0) is 14.8 Å². The topological polar surface area (TPSA) is 86.7 Å². The molecular weight excluding hydrogens is 426 g/mol. The Morgan fingerprint density at radius 1 is 1.13 bits per heavy atom. The van der Waals surface area contributed by atoms with Crippen molar-refractivity contribution in [3.63, 3.8) is 0 Å². The highest BCUT2D eigenvalue weighted by atomic mass is 32.2. The summed E-state index contributed by atoms with van der Waals surface area (Å²) in [6, 6.07) is 9.89. The monoisotopic (exact) mass is 450 g/mol. The molecule has 2 aromatic carbocycles. The number of halogens is 2. The highest BCUT2D eigenvalue weighted by Crippen LogP contribution is 2.51. The third kappa shape index (κ3) is 4.63. The quantitative estimate of drug-likeness (QED) is 0.732. The average molecular weight is 451 g/mol. The van der Waals surface area contributed by atoms with Gasteiger partial charge in [0.2, 0.25) is 15.9 Å². The maximum absolute atomic E-state index is 14.4. The Kier molecular flexibility index (Phi) is 5.85. The Balaban J connectivity index is 1.53. The number of likely N-dealkylation sites (tertiary alicyclic amines) is 1. The van der Waals surface area contributed by atoms with Gasteiger partial charge < -0.3 is 10.0 Å². The second-order valence-electron chi connectivity index (χ2n) is 8.27. The number of amides is 1. The lowest BCUT2D eigenvalue weighted by atomic mass is 9.95. The first kappa shape index (κ1) is 21.9. The molecule has 6 nitrogen and oxygen atoms in total. The zero-order valence-electron chi connectivity index (χ0n) is 17.0. The summed E-state index contributed by atoms with van der Waals surface area (Å²) in [7, 11) is -3.53. The van der Waals surface area contributed by atoms with Crippen molar-refractivity contribution < 1.29 is 27.1 Å². The van der Waals surface area contributed by atoms with E-state index in [-0.39, 0.29) is 36.3 Å².